The first kappa shape index (κ1) is 27.7. The molecule has 0 aliphatic heterocycles. The Morgan fingerprint density at radius 1 is 0.243 bits per heavy atom. The van der Waals surface area contributed by atoms with E-state index in [9.17, 15) is 65.9 Å². The van der Waals surface area contributed by atoms with Gasteiger partial charge >= 0.3 is 7.32 Å². The molecule has 0 fully saturated rings. The minimum atomic E-state index is -3.75. The molecule has 3 rings (SSSR count). The van der Waals surface area contributed by atoms with E-state index in [0.717, 1.165) is 0 Å². The normalized spacial score (nSPS) is 11.1. The molecule has 0 N–H and O–H groups in total. The van der Waals surface area contributed by atoms with Crippen molar-refractivity contribution in [3.8, 4) is 17.2 Å². The standard InChI is InChI=1S/C18BF15O3/c20-1-4(23)10(29)16(11(30)5(1)24)35-19(36-17-12(31)6(25)2(21)7(26)13(17)32)37-18-14(33)8(27)3(22)9(28)15(18)34. The average molecular weight is 560 g/mol. The second-order valence-corrected chi connectivity index (χ2v) is 6.34. The maximum Gasteiger partial charge on any atom is 0.864 e. The van der Waals surface area contributed by atoms with E-state index in [1.807, 2.05) is 0 Å². The quantitative estimate of drug-likeness (QED) is 0.154. The van der Waals surface area contributed by atoms with Crippen LogP contribution in [0.2, 0.25) is 0 Å². The summed E-state index contributed by atoms with van der Waals surface area (Å²) in [5.74, 6) is -50.0. The van der Waals surface area contributed by atoms with Crippen LogP contribution in [0.15, 0.2) is 0 Å². The van der Waals surface area contributed by atoms with E-state index in [1.165, 1.54) is 0 Å². The summed E-state index contributed by atoms with van der Waals surface area (Å²) in [6, 6.07) is 0. The van der Waals surface area contributed by atoms with Crippen molar-refractivity contribution in [3.05, 3.63) is 87.3 Å². The van der Waals surface area contributed by atoms with Crippen LogP contribution in [0.5, 0.6) is 17.2 Å². The van der Waals surface area contributed by atoms with Crippen LogP contribution in [-0.4, -0.2) is 7.32 Å². The summed E-state index contributed by atoms with van der Waals surface area (Å²) in [5.41, 5.74) is 0. The van der Waals surface area contributed by atoms with Gasteiger partial charge < -0.3 is 14.0 Å². The minimum absolute atomic E-state index is 2.51. The molecule has 0 heterocycles. The SMILES string of the molecule is Fc1c(F)c(F)c(OB(Oc2c(F)c(F)c(F)c(F)c2F)Oc2c(F)c(F)c(F)c(F)c2F)c(F)c1F. The molecule has 0 radical (unpaired) electrons. The van der Waals surface area contributed by atoms with Crippen molar-refractivity contribution in [1.29, 1.82) is 0 Å². The fourth-order valence-corrected chi connectivity index (χ4v) is 2.43. The monoisotopic (exact) mass is 560 g/mol. The smallest absolute Gasteiger partial charge is 0.484 e. The lowest BCUT2D eigenvalue weighted by molar-refractivity contribution is 0.247. The molecule has 0 amide bonds. The second kappa shape index (κ2) is 9.85. The largest absolute Gasteiger partial charge is 0.864 e. The Labute approximate surface area is 192 Å². The van der Waals surface area contributed by atoms with Gasteiger partial charge in [-0.1, -0.05) is 0 Å². The molecule has 0 atom stereocenters. The Balaban J connectivity index is 2.22. The minimum Gasteiger partial charge on any atom is -0.484 e. The van der Waals surface area contributed by atoms with Gasteiger partial charge in [0.2, 0.25) is 87.3 Å². The van der Waals surface area contributed by atoms with E-state index in [2.05, 4.69) is 14.0 Å². The molecule has 0 saturated heterocycles. The second-order valence-electron chi connectivity index (χ2n) is 6.34. The van der Waals surface area contributed by atoms with Gasteiger partial charge in [0.15, 0.2) is 17.2 Å². The van der Waals surface area contributed by atoms with Crippen molar-refractivity contribution in [2.24, 2.45) is 0 Å². The van der Waals surface area contributed by atoms with Gasteiger partial charge in [0.1, 0.15) is 0 Å². The number of halogens is 15. The van der Waals surface area contributed by atoms with Gasteiger partial charge in [-0.15, -0.1) is 0 Å². The lowest BCUT2D eigenvalue weighted by Gasteiger charge is -2.19. The van der Waals surface area contributed by atoms with Crippen molar-refractivity contribution < 1.29 is 79.8 Å². The van der Waals surface area contributed by atoms with Gasteiger partial charge in [-0.2, -0.15) is 26.3 Å². The molecule has 0 aliphatic carbocycles. The molecule has 19 heteroatoms. The summed E-state index contributed by atoms with van der Waals surface area (Å²) in [7, 11) is -3.75. The summed E-state index contributed by atoms with van der Waals surface area (Å²) in [6.07, 6.45) is 0. The van der Waals surface area contributed by atoms with Gasteiger partial charge in [0.05, 0.1) is 0 Å². The zero-order valence-electron chi connectivity index (χ0n) is 16.5. The van der Waals surface area contributed by atoms with Crippen LogP contribution in [0.1, 0.15) is 0 Å². The third kappa shape index (κ3) is 4.52. The first-order chi connectivity index (χ1) is 17.1. The van der Waals surface area contributed by atoms with Crippen molar-refractivity contribution in [2.75, 3.05) is 0 Å². The fraction of sp³-hybridized carbons (Fsp3) is 0. The molecule has 0 aromatic heterocycles. The van der Waals surface area contributed by atoms with Crippen molar-refractivity contribution in [2.45, 2.75) is 0 Å². The number of benzene rings is 3. The molecule has 0 aliphatic rings. The number of rotatable bonds is 6. The summed E-state index contributed by atoms with van der Waals surface area (Å²) in [4.78, 5) is 0. The molecule has 3 nitrogen and oxygen atoms in total. The Bertz CT molecular complexity index is 1170. The molecule has 0 bridgehead atoms. The molecule has 0 saturated carbocycles. The zero-order valence-corrected chi connectivity index (χ0v) is 16.5. The van der Waals surface area contributed by atoms with E-state index >= 15 is 0 Å². The van der Waals surface area contributed by atoms with Gasteiger partial charge in [-0.25, -0.2) is 39.5 Å². The number of hydrogen-bond donors (Lipinski definition) is 0. The highest BCUT2D eigenvalue weighted by Gasteiger charge is 2.42. The van der Waals surface area contributed by atoms with Crippen molar-refractivity contribution >= 4 is 7.32 Å². The fourth-order valence-electron chi connectivity index (χ4n) is 2.43. The molecule has 198 valence electrons. The van der Waals surface area contributed by atoms with Crippen molar-refractivity contribution in [1.82, 2.24) is 0 Å². The third-order valence-corrected chi connectivity index (χ3v) is 4.15. The highest BCUT2D eigenvalue weighted by Crippen LogP contribution is 2.35. The summed E-state index contributed by atoms with van der Waals surface area (Å²) < 4.78 is 216. The summed E-state index contributed by atoms with van der Waals surface area (Å²) >= 11 is 0. The van der Waals surface area contributed by atoms with Crippen molar-refractivity contribution in [3.63, 3.8) is 0 Å². The zero-order chi connectivity index (χ0) is 28.1. The van der Waals surface area contributed by atoms with Crippen LogP contribution >= 0.6 is 0 Å². The van der Waals surface area contributed by atoms with E-state index in [4.69, 9.17) is 0 Å². The Morgan fingerprint density at radius 2 is 0.378 bits per heavy atom. The lowest BCUT2D eigenvalue weighted by Crippen LogP contribution is -2.39. The van der Waals surface area contributed by atoms with Gasteiger partial charge in [-0.05, 0) is 0 Å². The Hall–Kier alpha value is -3.93. The predicted molar refractivity (Wildman–Crippen MR) is 86.3 cm³/mol. The van der Waals surface area contributed by atoms with Crippen LogP contribution in [0.4, 0.5) is 65.9 Å². The number of hydrogen-bond acceptors (Lipinski definition) is 3. The maximum atomic E-state index is 13.9. The first-order valence-electron chi connectivity index (χ1n) is 8.65. The van der Waals surface area contributed by atoms with Crippen LogP contribution in [0, 0.1) is 87.3 Å². The highest BCUT2D eigenvalue weighted by atomic mass is 19.2. The third-order valence-electron chi connectivity index (χ3n) is 4.15. The van der Waals surface area contributed by atoms with Crippen LogP contribution in [0.25, 0.3) is 0 Å². The molecule has 0 spiro atoms. The van der Waals surface area contributed by atoms with Gasteiger partial charge in [0, 0.05) is 0 Å². The first-order valence-corrected chi connectivity index (χ1v) is 8.65. The molecular weight excluding hydrogens is 560 g/mol. The van der Waals surface area contributed by atoms with E-state index in [-0.39, 0.29) is 0 Å². The van der Waals surface area contributed by atoms with Gasteiger partial charge in [0.25, 0.3) is 0 Å². The van der Waals surface area contributed by atoms with Crippen LogP contribution < -0.4 is 14.0 Å². The Kier molecular flexibility index (Phi) is 7.36. The summed E-state index contributed by atoms with van der Waals surface area (Å²) in [5, 5.41) is 0. The van der Waals surface area contributed by atoms with E-state index in [0.29, 0.717) is 0 Å². The van der Waals surface area contributed by atoms with Crippen LogP contribution in [0.3, 0.4) is 0 Å². The highest BCUT2D eigenvalue weighted by molar-refractivity contribution is 6.39. The Morgan fingerprint density at radius 3 is 0.541 bits per heavy atom. The van der Waals surface area contributed by atoms with E-state index < -0.39 is 112 Å². The molecule has 3 aromatic carbocycles. The molecule has 0 unspecified atom stereocenters. The molecule has 37 heavy (non-hydrogen) atoms. The average Bonchev–Trinajstić information content (AvgIpc) is 2.88. The van der Waals surface area contributed by atoms with E-state index in [1.54, 1.807) is 0 Å². The van der Waals surface area contributed by atoms with Gasteiger partial charge in [-0.3, -0.25) is 0 Å². The lowest BCUT2D eigenvalue weighted by atomic mass is 10.1. The maximum absolute atomic E-state index is 13.9. The topological polar surface area (TPSA) is 27.7 Å². The molecule has 3 aromatic rings. The summed E-state index contributed by atoms with van der Waals surface area (Å²) in [6.45, 7) is 0. The molecular formula is C18BF15O3. The predicted octanol–water partition coefficient (Wildman–Crippen LogP) is 6.29. The van der Waals surface area contributed by atoms with Crippen LogP contribution in [-0.2, 0) is 0 Å².